The zero-order chi connectivity index (χ0) is 37.5. The van der Waals surface area contributed by atoms with E-state index in [4.69, 9.17) is 9.97 Å². The SMILES string of the molecule is C1=Cc2cc(-c3cc(-c4ccccc4)nc(-c4cccc(-c5ccc6c(c5)C5(c7ccccc7S6)c6ccccc6-c6ccccc65)c4)n3)cc3cccc(c23)C1. The summed E-state index contributed by atoms with van der Waals surface area (Å²) in [6, 6.07) is 66.6. The second kappa shape index (κ2) is 12.6. The second-order valence-corrected chi connectivity index (χ2v) is 16.3. The summed E-state index contributed by atoms with van der Waals surface area (Å²) in [5.41, 5.74) is 17.5. The Bertz CT molecular complexity index is 3100. The molecule has 2 heterocycles. The van der Waals surface area contributed by atoms with Gasteiger partial charge in [0.15, 0.2) is 5.82 Å². The molecule has 0 amide bonds. The first-order valence-electron chi connectivity index (χ1n) is 19.6. The molecule has 9 aromatic rings. The first-order chi connectivity index (χ1) is 28.2. The maximum absolute atomic E-state index is 5.32. The molecule has 0 radical (unpaired) electrons. The van der Waals surface area contributed by atoms with E-state index in [2.05, 4.69) is 194 Å². The third-order valence-electron chi connectivity index (χ3n) is 12.1. The molecule has 0 saturated carbocycles. The molecule has 1 spiro atoms. The lowest BCUT2D eigenvalue weighted by Crippen LogP contribution is -2.32. The van der Waals surface area contributed by atoms with Gasteiger partial charge in [-0.1, -0.05) is 163 Å². The van der Waals surface area contributed by atoms with Crippen molar-refractivity contribution in [2.24, 2.45) is 0 Å². The van der Waals surface area contributed by atoms with Gasteiger partial charge in [-0.2, -0.15) is 0 Å². The van der Waals surface area contributed by atoms with Crippen LogP contribution in [-0.2, 0) is 11.8 Å². The van der Waals surface area contributed by atoms with Gasteiger partial charge in [0.2, 0.25) is 0 Å². The molecule has 57 heavy (non-hydrogen) atoms. The van der Waals surface area contributed by atoms with Crippen LogP contribution in [0.5, 0.6) is 0 Å². The topological polar surface area (TPSA) is 25.8 Å². The third-order valence-corrected chi connectivity index (χ3v) is 13.3. The van der Waals surface area contributed by atoms with Crippen LogP contribution in [0.25, 0.3) is 73.0 Å². The Morgan fingerprint density at radius 1 is 0.439 bits per heavy atom. The van der Waals surface area contributed by atoms with E-state index in [1.165, 1.54) is 70.6 Å². The van der Waals surface area contributed by atoms with Gasteiger partial charge in [-0.05, 0) is 115 Å². The van der Waals surface area contributed by atoms with Crippen LogP contribution in [0.3, 0.4) is 0 Å². The highest BCUT2D eigenvalue weighted by Crippen LogP contribution is 2.62. The first-order valence-corrected chi connectivity index (χ1v) is 20.4. The van der Waals surface area contributed by atoms with Crippen molar-refractivity contribution >= 4 is 28.6 Å². The average molecular weight is 743 g/mol. The highest BCUT2D eigenvalue weighted by atomic mass is 32.2. The van der Waals surface area contributed by atoms with Crippen molar-refractivity contribution in [2.45, 2.75) is 21.6 Å². The molecule has 2 nitrogen and oxygen atoms in total. The standard InChI is InChI=1S/C54H34N2S/c1-2-13-34(14-3-1)48-33-49(41-30-38-18-10-15-35-16-11-19-39(31-41)52(35)38)56-53(55-48)40-20-12-17-36(29-40)37-27-28-51-47(32-37)54(46-25-8-9-26-50(46)57-51)44-23-6-4-21-42(44)43-22-5-7-24-45(43)54/h1-15,17-33H,16H2. The monoisotopic (exact) mass is 742 g/mol. The molecule has 0 unspecified atom stereocenters. The van der Waals surface area contributed by atoms with Crippen molar-refractivity contribution in [2.75, 3.05) is 0 Å². The Morgan fingerprint density at radius 3 is 1.91 bits per heavy atom. The van der Waals surface area contributed by atoms with E-state index < -0.39 is 5.41 Å². The molecule has 1 aromatic heterocycles. The molecule has 1 aliphatic heterocycles. The lowest BCUT2D eigenvalue weighted by molar-refractivity contribution is 0.723. The molecule has 266 valence electrons. The summed E-state index contributed by atoms with van der Waals surface area (Å²) in [5.74, 6) is 0.712. The van der Waals surface area contributed by atoms with Gasteiger partial charge in [-0.3, -0.25) is 0 Å². The number of aromatic nitrogens is 2. The van der Waals surface area contributed by atoms with Gasteiger partial charge < -0.3 is 0 Å². The van der Waals surface area contributed by atoms with E-state index in [1.807, 2.05) is 11.8 Å². The van der Waals surface area contributed by atoms with Crippen LogP contribution in [0.15, 0.2) is 198 Å². The lowest BCUT2D eigenvalue weighted by Gasteiger charge is -2.40. The van der Waals surface area contributed by atoms with Gasteiger partial charge in [-0.15, -0.1) is 0 Å². The van der Waals surface area contributed by atoms with E-state index in [0.29, 0.717) is 5.82 Å². The van der Waals surface area contributed by atoms with Gasteiger partial charge in [-0.25, -0.2) is 9.97 Å². The third kappa shape index (κ3) is 4.92. The number of benzene rings is 8. The van der Waals surface area contributed by atoms with E-state index in [0.717, 1.165) is 40.1 Å². The van der Waals surface area contributed by atoms with Crippen LogP contribution in [-0.4, -0.2) is 9.97 Å². The first kappa shape index (κ1) is 32.4. The molecule has 0 bridgehead atoms. The zero-order valence-electron chi connectivity index (χ0n) is 31.0. The van der Waals surface area contributed by atoms with E-state index in [1.54, 1.807) is 0 Å². The summed E-state index contributed by atoms with van der Waals surface area (Å²) in [6.45, 7) is 0. The normalized spacial score (nSPS) is 13.9. The Labute approximate surface area is 336 Å². The summed E-state index contributed by atoms with van der Waals surface area (Å²) in [5, 5.41) is 2.58. The summed E-state index contributed by atoms with van der Waals surface area (Å²) in [4.78, 5) is 13.2. The molecular weight excluding hydrogens is 709 g/mol. The minimum atomic E-state index is -0.421. The summed E-state index contributed by atoms with van der Waals surface area (Å²) < 4.78 is 0. The Balaban J connectivity index is 1.03. The highest BCUT2D eigenvalue weighted by molar-refractivity contribution is 7.99. The summed E-state index contributed by atoms with van der Waals surface area (Å²) in [7, 11) is 0. The quantitative estimate of drug-likeness (QED) is 0.180. The van der Waals surface area contributed by atoms with Gasteiger partial charge in [0.05, 0.1) is 16.8 Å². The van der Waals surface area contributed by atoms with Crippen molar-refractivity contribution in [3.63, 3.8) is 0 Å². The molecule has 0 N–H and O–H groups in total. The Morgan fingerprint density at radius 2 is 1.09 bits per heavy atom. The fraction of sp³-hybridized carbons (Fsp3) is 0.0370. The minimum absolute atomic E-state index is 0.421. The van der Waals surface area contributed by atoms with Crippen molar-refractivity contribution in [3.8, 4) is 56.2 Å². The average Bonchev–Trinajstić information content (AvgIpc) is 3.57. The van der Waals surface area contributed by atoms with Gasteiger partial charge >= 0.3 is 0 Å². The van der Waals surface area contributed by atoms with Gasteiger partial charge in [0.1, 0.15) is 0 Å². The number of nitrogens with zero attached hydrogens (tertiary/aromatic N) is 2. The zero-order valence-corrected chi connectivity index (χ0v) is 31.8. The number of rotatable bonds is 4. The molecule has 0 atom stereocenters. The second-order valence-electron chi connectivity index (χ2n) is 15.2. The van der Waals surface area contributed by atoms with Crippen molar-refractivity contribution in [1.29, 1.82) is 0 Å². The number of allylic oxidation sites excluding steroid dienone is 1. The van der Waals surface area contributed by atoms with E-state index in [-0.39, 0.29) is 0 Å². The molecular formula is C54H34N2S. The van der Waals surface area contributed by atoms with Crippen molar-refractivity contribution in [3.05, 3.63) is 221 Å². The van der Waals surface area contributed by atoms with E-state index in [9.17, 15) is 0 Å². The lowest BCUT2D eigenvalue weighted by atomic mass is 9.67. The van der Waals surface area contributed by atoms with Crippen LogP contribution in [0.2, 0.25) is 0 Å². The number of hydrogen-bond acceptors (Lipinski definition) is 3. The van der Waals surface area contributed by atoms with Crippen LogP contribution in [0.1, 0.15) is 33.4 Å². The molecule has 0 fully saturated rings. The molecule has 12 rings (SSSR count). The number of fused-ring (bicyclic) bond motifs is 9. The minimum Gasteiger partial charge on any atom is -0.228 e. The Hall–Kier alpha value is -6.81. The molecule has 8 aromatic carbocycles. The van der Waals surface area contributed by atoms with Crippen molar-refractivity contribution in [1.82, 2.24) is 9.97 Å². The van der Waals surface area contributed by atoms with Crippen LogP contribution >= 0.6 is 11.8 Å². The maximum atomic E-state index is 5.32. The smallest absolute Gasteiger partial charge is 0.160 e. The predicted molar refractivity (Wildman–Crippen MR) is 235 cm³/mol. The van der Waals surface area contributed by atoms with Gasteiger partial charge in [0, 0.05) is 26.5 Å². The van der Waals surface area contributed by atoms with Crippen LogP contribution < -0.4 is 0 Å². The van der Waals surface area contributed by atoms with Crippen molar-refractivity contribution < 1.29 is 0 Å². The summed E-state index contributed by atoms with van der Waals surface area (Å²) >= 11 is 1.88. The largest absolute Gasteiger partial charge is 0.228 e. The molecule has 0 saturated heterocycles. The molecule has 3 heteroatoms. The highest BCUT2D eigenvalue weighted by Gasteiger charge is 2.50. The fourth-order valence-electron chi connectivity index (χ4n) is 9.66. The predicted octanol–water partition coefficient (Wildman–Crippen LogP) is 13.7. The fourth-order valence-corrected chi connectivity index (χ4v) is 10.8. The van der Waals surface area contributed by atoms with Gasteiger partial charge in [0.25, 0.3) is 0 Å². The molecule has 2 aliphatic carbocycles. The maximum Gasteiger partial charge on any atom is 0.160 e. The van der Waals surface area contributed by atoms with Crippen LogP contribution in [0.4, 0.5) is 0 Å². The van der Waals surface area contributed by atoms with E-state index >= 15 is 0 Å². The Kier molecular flexibility index (Phi) is 7.17. The summed E-state index contributed by atoms with van der Waals surface area (Å²) in [6.07, 6.45) is 5.48. The van der Waals surface area contributed by atoms with Crippen LogP contribution in [0, 0.1) is 0 Å². The number of hydrogen-bond donors (Lipinski definition) is 0. The molecule has 3 aliphatic rings.